The van der Waals surface area contributed by atoms with Gasteiger partial charge in [0.05, 0.1) is 5.92 Å². The van der Waals surface area contributed by atoms with Gasteiger partial charge in [0, 0.05) is 37.1 Å². The van der Waals surface area contributed by atoms with Crippen LogP contribution in [0.2, 0.25) is 0 Å². The summed E-state index contributed by atoms with van der Waals surface area (Å²) in [4.78, 5) is 28.4. The highest BCUT2D eigenvalue weighted by molar-refractivity contribution is 5.83. The number of nitrogens with zero attached hydrogens (tertiary/aromatic N) is 1. The summed E-state index contributed by atoms with van der Waals surface area (Å²) in [6.45, 7) is 8.61. The van der Waals surface area contributed by atoms with Crippen molar-refractivity contribution in [3.63, 3.8) is 0 Å². The summed E-state index contributed by atoms with van der Waals surface area (Å²) in [6.07, 6.45) is 8.50. The number of hydrogen-bond donors (Lipinski definition) is 2. The van der Waals surface area contributed by atoms with Gasteiger partial charge < -0.3 is 15.5 Å². The van der Waals surface area contributed by atoms with Crippen LogP contribution in [0.15, 0.2) is 0 Å². The minimum atomic E-state index is -0.0285. The maximum absolute atomic E-state index is 13.2. The molecule has 2 amide bonds. The highest BCUT2D eigenvalue weighted by Gasteiger charge is 2.45. The zero-order valence-electron chi connectivity index (χ0n) is 18.0. The SMILES string of the molecule is CC1CCCC(NC(=O)C2CCC3NC(C)C(C)C3C2)C1C(=O)N1CCCC1. The van der Waals surface area contributed by atoms with Crippen LogP contribution in [0, 0.1) is 29.6 Å². The van der Waals surface area contributed by atoms with E-state index in [4.69, 9.17) is 0 Å². The second-order valence-electron chi connectivity index (χ2n) is 10.2. The van der Waals surface area contributed by atoms with Crippen molar-refractivity contribution in [2.75, 3.05) is 13.1 Å². The average molecular weight is 390 g/mol. The monoisotopic (exact) mass is 389 g/mol. The molecule has 0 aromatic rings. The highest BCUT2D eigenvalue weighted by Crippen LogP contribution is 2.40. The molecule has 4 aliphatic rings. The van der Waals surface area contributed by atoms with E-state index in [9.17, 15) is 9.59 Å². The molecule has 2 aliphatic heterocycles. The zero-order chi connectivity index (χ0) is 19.8. The van der Waals surface area contributed by atoms with E-state index < -0.39 is 0 Å². The molecule has 5 nitrogen and oxygen atoms in total. The first-order valence-corrected chi connectivity index (χ1v) is 11.8. The third-order valence-corrected chi connectivity index (χ3v) is 8.46. The summed E-state index contributed by atoms with van der Waals surface area (Å²) >= 11 is 0. The summed E-state index contributed by atoms with van der Waals surface area (Å²) in [7, 11) is 0. The molecule has 0 radical (unpaired) electrons. The van der Waals surface area contributed by atoms with Crippen LogP contribution < -0.4 is 10.6 Å². The second kappa shape index (κ2) is 8.33. The predicted molar refractivity (Wildman–Crippen MR) is 111 cm³/mol. The number of carbonyl (C=O) groups excluding carboxylic acids is 2. The van der Waals surface area contributed by atoms with Crippen molar-refractivity contribution in [1.82, 2.24) is 15.5 Å². The van der Waals surface area contributed by atoms with E-state index in [1.165, 1.54) is 0 Å². The van der Waals surface area contributed by atoms with Crippen molar-refractivity contribution < 1.29 is 9.59 Å². The fourth-order valence-corrected chi connectivity index (χ4v) is 6.53. The van der Waals surface area contributed by atoms with E-state index in [0.717, 1.165) is 64.5 Å². The van der Waals surface area contributed by atoms with Crippen molar-refractivity contribution >= 4 is 11.8 Å². The summed E-state index contributed by atoms with van der Waals surface area (Å²) in [5.41, 5.74) is 0. The fourth-order valence-electron chi connectivity index (χ4n) is 6.53. The van der Waals surface area contributed by atoms with Crippen LogP contribution in [0.25, 0.3) is 0 Å². The van der Waals surface area contributed by atoms with Gasteiger partial charge in [-0.3, -0.25) is 9.59 Å². The standard InChI is InChI=1S/C23H39N3O2/c1-14-7-6-8-20(21(14)23(28)26-11-4-5-12-26)25-22(27)17-9-10-19-18(13-17)15(2)16(3)24-19/h14-21,24H,4-13H2,1-3H3,(H,25,27). The number of nitrogens with one attached hydrogen (secondary N) is 2. The van der Waals surface area contributed by atoms with Gasteiger partial charge in [0.1, 0.15) is 0 Å². The van der Waals surface area contributed by atoms with Gasteiger partial charge in [-0.05, 0) is 69.6 Å². The molecule has 4 fully saturated rings. The molecule has 8 atom stereocenters. The summed E-state index contributed by atoms with van der Waals surface area (Å²) in [6, 6.07) is 1.17. The fraction of sp³-hybridized carbons (Fsp3) is 0.913. The Morgan fingerprint density at radius 3 is 2.46 bits per heavy atom. The quantitative estimate of drug-likeness (QED) is 0.780. The molecule has 2 heterocycles. The second-order valence-corrected chi connectivity index (χ2v) is 10.2. The van der Waals surface area contributed by atoms with E-state index >= 15 is 0 Å². The molecule has 2 saturated carbocycles. The minimum Gasteiger partial charge on any atom is -0.352 e. The summed E-state index contributed by atoms with van der Waals surface area (Å²) < 4.78 is 0. The molecule has 28 heavy (non-hydrogen) atoms. The molecule has 2 N–H and O–H groups in total. The van der Waals surface area contributed by atoms with Gasteiger partial charge >= 0.3 is 0 Å². The summed E-state index contributed by atoms with van der Waals surface area (Å²) in [5, 5.41) is 7.10. The van der Waals surface area contributed by atoms with Crippen LogP contribution in [0.1, 0.15) is 72.1 Å². The molecule has 158 valence electrons. The van der Waals surface area contributed by atoms with Crippen LogP contribution in [0.5, 0.6) is 0 Å². The maximum atomic E-state index is 13.2. The Balaban J connectivity index is 1.40. The van der Waals surface area contributed by atoms with Crippen LogP contribution in [0.4, 0.5) is 0 Å². The van der Waals surface area contributed by atoms with Gasteiger partial charge in [0.2, 0.25) is 11.8 Å². The number of carbonyl (C=O) groups is 2. The molecule has 0 aromatic carbocycles. The van der Waals surface area contributed by atoms with Gasteiger partial charge in [0.25, 0.3) is 0 Å². The van der Waals surface area contributed by atoms with Crippen LogP contribution >= 0.6 is 0 Å². The smallest absolute Gasteiger partial charge is 0.228 e. The maximum Gasteiger partial charge on any atom is 0.228 e. The van der Waals surface area contributed by atoms with E-state index in [1.54, 1.807) is 0 Å². The van der Waals surface area contributed by atoms with Crippen LogP contribution in [-0.2, 0) is 9.59 Å². The molecular weight excluding hydrogens is 350 g/mol. The van der Waals surface area contributed by atoms with Crippen molar-refractivity contribution in [2.24, 2.45) is 29.6 Å². The van der Waals surface area contributed by atoms with E-state index in [1.807, 2.05) is 4.90 Å². The Bertz CT molecular complexity index is 588. The van der Waals surface area contributed by atoms with Crippen molar-refractivity contribution in [2.45, 2.75) is 90.3 Å². The molecule has 0 aromatic heterocycles. The molecule has 2 aliphatic carbocycles. The van der Waals surface area contributed by atoms with E-state index in [2.05, 4.69) is 31.4 Å². The lowest BCUT2D eigenvalue weighted by atomic mass is 9.73. The highest BCUT2D eigenvalue weighted by atomic mass is 16.2. The lowest BCUT2D eigenvalue weighted by Crippen LogP contribution is -2.53. The van der Waals surface area contributed by atoms with Gasteiger partial charge in [-0.2, -0.15) is 0 Å². The van der Waals surface area contributed by atoms with Crippen molar-refractivity contribution in [1.29, 1.82) is 0 Å². The average Bonchev–Trinajstić information content (AvgIpc) is 3.30. The van der Waals surface area contributed by atoms with E-state index in [-0.39, 0.29) is 23.8 Å². The largest absolute Gasteiger partial charge is 0.352 e. The minimum absolute atomic E-state index is 0.0279. The Hall–Kier alpha value is -1.10. The van der Waals surface area contributed by atoms with Crippen LogP contribution in [-0.4, -0.2) is 47.9 Å². The first-order chi connectivity index (χ1) is 13.5. The molecular formula is C23H39N3O2. The van der Waals surface area contributed by atoms with Crippen LogP contribution in [0.3, 0.4) is 0 Å². The third-order valence-electron chi connectivity index (χ3n) is 8.46. The molecule has 5 heteroatoms. The molecule has 2 saturated heterocycles. The molecule has 0 bridgehead atoms. The normalized spacial score (nSPS) is 43.6. The lowest BCUT2D eigenvalue weighted by molar-refractivity contribution is -0.139. The molecule has 0 spiro atoms. The number of likely N-dealkylation sites (tertiary alicyclic amines) is 1. The summed E-state index contributed by atoms with van der Waals surface area (Å²) in [5.74, 6) is 2.22. The molecule has 4 rings (SSSR count). The first kappa shape index (κ1) is 20.2. The van der Waals surface area contributed by atoms with E-state index in [0.29, 0.717) is 35.7 Å². The Kier molecular flexibility index (Phi) is 6.01. The number of rotatable bonds is 3. The van der Waals surface area contributed by atoms with Crippen molar-refractivity contribution in [3.05, 3.63) is 0 Å². The predicted octanol–water partition coefficient (Wildman–Crippen LogP) is 2.94. The van der Waals surface area contributed by atoms with Gasteiger partial charge in [-0.1, -0.05) is 20.3 Å². The third kappa shape index (κ3) is 3.83. The van der Waals surface area contributed by atoms with Gasteiger partial charge in [-0.25, -0.2) is 0 Å². The Labute approximate surface area is 170 Å². The first-order valence-electron chi connectivity index (χ1n) is 11.8. The van der Waals surface area contributed by atoms with Gasteiger partial charge in [-0.15, -0.1) is 0 Å². The Morgan fingerprint density at radius 1 is 0.964 bits per heavy atom. The Morgan fingerprint density at radius 2 is 1.71 bits per heavy atom. The zero-order valence-corrected chi connectivity index (χ0v) is 18.0. The number of fused-ring (bicyclic) bond motifs is 1. The van der Waals surface area contributed by atoms with Crippen molar-refractivity contribution in [3.8, 4) is 0 Å². The molecule has 8 unspecified atom stereocenters. The number of amides is 2. The number of hydrogen-bond acceptors (Lipinski definition) is 3. The lowest BCUT2D eigenvalue weighted by Gasteiger charge is -2.39. The topological polar surface area (TPSA) is 61.4 Å². The van der Waals surface area contributed by atoms with Gasteiger partial charge in [0.15, 0.2) is 0 Å².